The third-order valence-electron chi connectivity index (χ3n) is 4.96. The van der Waals surface area contributed by atoms with Crippen molar-refractivity contribution in [2.24, 2.45) is 5.92 Å². The number of hydrogen-bond acceptors (Lipinski definition) is 4. The lowest BCUT2D eigenvalue weighted by atomic mass is 9.97. The van der Waals surface area contributed by atoms with Crippen LogP contribution in [0.4, 0.5) is 5.95 Å². The first kappa shape index (κ1) is 16.6. The zero-order valence-corrected chi connectivity index (χ0v) is 14.9. The average molecular weight is 349 g/mol. The van der Waals surface area contributed by atoms with Crippen molar-refractivity contribution in [2.45, 2.75) is 26.3 Å². The Bertz CT molecular complexity index is 902. The molecule has 6 heteroatoms. The van der Waals surface area contributed by atoms with Gasteiger partial charge in [-0.25, -0.2) is 0 Å². The fraction of sp³-hybridized carbons (Fsp3) is 0.350. The Morgan fingerprint density at radius 1 is 1.19 bits per heavy atom. The van der Waals surface area contributed by atoms with E-state index in [0.29, 0.717) is 13.1 Å². The highest BCUT2D eigenvalue weighted by molar-refractivity contribution is 5.79. The highest BCUT2D eigenvalue weighted by Crippen LogP contribution is 2.22. The van der Waals surface area contributed by atoms with Gasteiger partial charge in [-0.2, -0.15) is 0 Å². The van der Waals surface area contributed by atoms with Gasteiger partial charge in [0.1, 0.15) is 0 Å². The van der Waals surface area contributed by atoms with E-state index in [4.69, 9.17) is 0 Å². The monoisotopic (exact) mass is 349 g/mol. The normalized spacial score (nSPS) is 17.4. The lowest BCUT2D eigenvalue weighted by molar-refractivity contribution is -0.125. The number of piperidine rings is 1. The van der Waals surface area contributed by atoms with Crippen molar-refractivity contribution in [2.75, 3.05) is 18.0 Å². The quantitative estimate of drug-likeness (QED) is 0.786. The third kappa shape index (κ3) is 3.40. The molecule has 0 unspecified atom stereocenters. The van der Waals surface area contributed by atoms with Gasteiger partial charge in [-0.3, -0.25) is 9.20 Å². The van der Waals surface area contributed by atoms with E-state index in [2.05, 4.69) is 51.6 Å². The summed E-state index contributed by atoms with van der Waals surface area (Å²) in [5, 5.41) is 11.6. The van der Waals surface area contributed by atoms with Crippen LogP contribution >= 0.6 is 0 Å². The van der Waals surface area contributed by atoms with E-state index >= 15 is 0 Å². The molecule has 0 radical (unpaired) electrons. The fourth-order valence-electron chi connectivity index (χ4n) is 3.46. The number of carbonyl (C=O) groups excluding carboxylic acids is 1. The summed E-state index contributed by atoms with van der Waals surface area (Å²) in [7, 11) is 0. The molecule has 1 aromatic carbocycles. The summed E-state index contributed by atoms with van der Waals surface area (Å²) in [6, 6.07) is 14.1. The van der Waals surface area contributed by atoms with Crippen LogP contribution in [-0.2, 0) is 11.3 Å². The second-order valence-electron chi connectivity index (χ2n) is 6.92. The summed E-state index contributed by atoms with van der Waals surface area (Å²) in [5.74, 6) is 0.908. The minimum atomic E-state index is -0.0229. The van der Waals surface area contributed by atoms with Crippen molar-refractivity contribution in [3.8, 4) is 0 Å². The predicted molar refractivity (Wildman–Crippen MR) is 101 cm³/mol. The summed E-state index contributed by atoms with van der Waals surface area (Å²) in [6.45, 7) is 4.21. The molecule has 1 aliphatic rings. The van der Waals surface area contributed by atoms with Crippen molar-refractivity contribution in [3.63, 3.8) is 0 Å². The van der Waals surface area contributed by atoms with Gasteiger partial charge in [-0.15, -0.1) is 10.2 Å². The highest BCUT2D eigenvalue weighted by Gasteiger charge is 2.27. The molecular formula is C20H23N5O. The molecule has 134 valence electrons. The van der Waals surface area contributed by atoms with Gasteiger partial charge >= 0.3 is 0 Å². The van der Waals surface area contributed by atoms with Crippen LogP contribution in [0.3, 0.4) is 0 Å². The molecule has 0 aliphatic carbocycles. The molecule has 26 heavy (non-hydrogen) atoms. The second kappa shape index (κ2) is 7.15. The number of fused-ring (bicyclic) bond motifs is 1. The second-order valence-corrected chi connectivity index (χ2v) is 6.92. The zero-order valence-electron chi connectivity index (χ0n) is 14.9. The maximum Gasteiger partial charge on any atom is 0.231 e. The number of pyridine rings is 1. The van der Waals surface area contributed by atoms with Gasteiger partial charge in [-0.05, 0) is 37.5 Å². The van der Waals surface area contributed by atoms with Crippen molar-refractivity contribution in [1.82, 2.24) is 19.9 Å². The average Bonchev–Trinajstić information content (AvgIpc) is 3.11. The zero-order chi connectivity index (χ0) is 17.9. The lowest BCUT2D eigenvalue weighted by Crippen LogP contribution is -2.43. The summed E-state index contributed by atoms with van der Waals surface area (Å²) >= 11 is 0. The number of carbonyl (C=O) groups is 1. The van der Waals surface area contributed by atoms with Crippen LogP contribution in [0.2, 0.25) is 0 Å². The number of rotatable bonds is 4. The van der Waals surface area contributed by atoms with E-state index in [1.807, 2.05) is 28.8 Å². The Balaban J connectivity index is 1.41. The van der Waals surface area contributed by atoms with Crippen LogP contribution in [0, 0.1) is 12.8 Å². The third-order valence-corrected chi connectivity index (χ3v) is 4.96. The van der Waals surface area contributed by atoms with Crippen LogP contribution in [-0.4, -0.2) is 33.6 Å². The van der Waals surface area contributed by atoms with Crippen LogP contribution < -0.4 is 10.2 Å². The number of aryl methyl sites for hydroxylation is 1. The number of benzene rings is 1. The molecule has 0 spiro atoms. The van der Waals surface area contributed by atoms with Gasteiger partial charge in [0.05, 0.1) is 5.92 Å². The van der Waals surface area contributed by atoms with Gasteiger partial charge in [0, 0.05) is 25.8 Å². The standard InChI is InChI=1S/C20H23N5O/c1-15-7-9-16(10-8-15)13-21-19(26)17-5-4-11-24(14-17)20-23-22-18-6-2-3-12-25(18)20/h2-3,6-10,12,17H,4-5,11,13-14H2,1H3,(H,21,26)/t17-/m0/s1. The number of aromatic nitrogens is 3. The molecule has 1 atom stereocenters. The van der Waals surface area contributed by atoms with Crippen LogP contribution in [0.1, 0.15) is 24.0 Å². The molecule has 1 saturated heterocycles. The van der Waals surface area contributed by atoms with Crippen molar-refractivity contribution < 1.29 is 4.79 Å². The van der Waals surface area contributed by atoms with Crippen LogP contribution in [0.25, 0.3) is 5.65 Å². The minimum Gasteiger partial charge on any atom is -0.352 e. The van der Waals surface area contributed by atoms with Gasteiger partial charge < -0.3 is 10.2 Å². The van der Waals surface area contributed by atoms with E-state index < -0.39 is 0 Å². The summed E-state index contributed by atoms with van der Waals surface area (Å²) in [6.07, 6.45) is 3.85. The van der Waals surface area contributed by atoms with Crippen LogP contribution in [0.15, 0.2) is 48.7 Å². The van der Waals surface area contributed by atoms with Gasteiger partial charge in [0.25, 0.3) is 0 Å². The Morgan fingerprint density at radius 3 is 2.88 bits per heavy atom. The topological polar surface area (TPSA) is 62.5 Å². The summed E-state index contributed by atoms with van der Waals surface area (Å²) in [4.78, 5) is 14.8. The molecule has 3 aromatic rings. The van der Waals surface area contributed by atoms with Crippen molar-refractivity contribution >= 4 is 17.5 Å². The summed E-state index contributed by atoms with van der Waals surface area (Å²) < 4.78 is 1.98. The molecule has 1 amide bonds. The highest BCUT2D eigenvalue weighted by atomic mass is 16.1. The number of nitrogens with zero attached hydrogens (tertiary/aromatic N) is 4. The Morgan fingerprint density at radius 2 is 2.04 bits per heavy atom. The van der Waals surface area contributed by atoms with Crippen molar-refractivity contribution in [3.05, 3.63) is 59.8 Å². The lowest BCUT2D eigenvalue weighted by Gasteiger charge is -2.32. The van der Waals surface area contributed by atoms with E-state index in [9.17, 15) is 4.79 Å². The summed E-state index contributed by atoms with van der Waals surface area (Å²) in [5.41, 5.74) is 3.18. The molecule has 1 fully saturated rings. The first-order valence-corrected chi connectivity index (χ1v) is 9.09. The largest absolute Gasteiger partial charge is 0.352 e. The van der Waals surface area contributed by atoms with Gasteiger partial charge in [0.2, 0.25) is 11.9 Å². The van der Waals surface area contributed by atoms with E-state index in [0.717, 1.165) is 36.5 Å². The smallest absolute Gasteiger partial charge is 0.231 e. The molecule has 3 heterocycles. The SMILES string of the molecule is Cc1ccc(CNC(=O)[C@H]2CCCN(c3nnc4ccccn34)C2)cc1. The maximum absolute atomic E-state index is 12.6. The molecule has 4 rings (SSSR count). The fourth-order valence-corrected chi connectivity index (χ4v) is 3.46. The Labute approximate surface area is 152 Å². The molecule has 1 aliphatic heterocycles. The maximum atomic E-state index is 12.6. The van der Waals surface area contributed by atoms with E-state index in [1.165, 1.54) is 5.56 Å². The minimum absolute atomic E-state index is 0.0229. The molecule has 6 nitrogen and oxygen atoms in total. The van der Waals surface area contributed by atoms with Gasteiger partial charge in [-0.1, -0.05) is 35.9 Å². The molecular weight excluding hydrogens is 326 g/mol. The van der Waals surface area contributed by atoms with Crippen LogP contribution in [0.5, 0.6) is 0 Å². The number of amides is 1. The number of hydrogen-bond donors (Lipinski definition) is 1. The molecule has 2 aromatic heterocycles. The Kier molecular flexibility index (Phi) is 4.56. The number of nitrogens with one attached hydrogen (secondary N) is 1. The number of anilines is 1. The first-order chi connectivity index (χ1) is 12.7. The first-order valence-electron chi connectivity index (χ1n) is 9.09. The van der Waals surface area contributed by atoms with Crippen molar-refractivity contribution in [1.29, 1.82) is 0 Å². The molecule has 0 saturated carbocycles. The Hall–Kier alpha value is -2.89. The molecule has 0 bridgehead atoms. The van der Waals surface area contributed by atoms with E-state index in [1.54, 1.807) is 0 Å². The van der Waals surface area contributed by atoms with E-state index in [-0.39, 0.29) is 11.8 Å². The molecule has 1 N–H and O–H groups in total. The van der Waals surface area contributed by atoms with Gasteiger partial charge in [0.15, 0.2) is 5.65 Å². The predicted octanol–water partition coefficient (Wildman–Crippen LogP) is 2.57.